The van der Waals surface area contributed by atoms with Gasteiger partial charge in [-0.15, -0.1) is 0 Å². The van der Waals surface area contributed by atoms with Gasteiger partial charge < -0.3 is 20.4 Å². The Hall–Kier alpha value is -4.52. The van der Waals surface area contributed by atoms with Crippen LogP contribution in [0.5, 0.6) is 0 Å². The van der Waals surface area contributed by atoms with Gasteiger partial charge in [0.15, 0.2) is 0 Å². The Labute approximate surface area is 303 Å². The summed E-state index contributed by atoms with van der Waals surface area (Å²) >= 11 is 0. The predicted molar refractivity (Wildman–Crippen MR) is 193 cm³/mol. The third-order valence-corrected chi connectivity index (χ3v) is 13.5. The summed E-state index contributed by atoms with van der Waals surface area (Å²) in [5, 5.41) is 9.93. The molecule has 1 saturated heterocycles. The van der Waals surface area contributed by atoms with Crippen molar-refractivity contribution in [3.05, 3.63) is 71.8 Å². The number of nitrogens with zero attached hydrogens (tertiary/aromatic N) is 2. The summed E-state index contributed by atoms with van der Waals surface area (Å²) in [7, 11) is -3.86. The molecule has 2 heterocycles. The smallest absolute Gasteiger partial charge is 0.259 e. The molecule has 8 rings (SSSR count). The molecule has 13 heteroatoms. The molecule has 2 aliphatic heterocycles. The van der Waals surface area contributed by atoms with Crippen molar-refractivity contribution in [1.29, 1.82) is 0 Å². The highest BCUT2D eigenvalue weighted by molar-refractivity contribution is 7.91. The highest BCUT2D eigenvalue weighted by Gasteiger charge is 2.62. The number of allylic oxidation sites excluding steroid dienone is 1. The minimum absolute atomic E-state index is 0.0409. The van der Waals surface area contributed by atoms with Crippen LogP contribution in [0.2, 0.25) is 0 Å². The molecule has 0 aromatic heterocycles. The van der Waals surface area contributed by atoms with E-state index in [1.54, 1.807) is 0 Å². The molecule has 0 radical (unpaired) electrons. The second kappa shape index (κ2) is 13.2. The lowest BCUT2D eigenvalue weighted by Gasteiger charge is -2.30. The molecule has 0 bridgehead atoms. The SMILES string of the molecule is CC1(C(=O)N[C@H]2CCCCC/C=C\C3CC3(C(=O)NS(=O)(=O)C3CC3)NC(=O)[C@@H]3C[C@@H](ON=C4c5ccccc5-c5ccccc54)CN3C2=O)CC1. The number of fused-ring (bicyclic) bond motifs is 5. The first-order valence-electron chi connectivity index (χ1n) is 18.6. The van der Waals surface area contributed by atoms with Gasteiger partial charge in [0.2, 0.25) is 27.7 Å². The molecular weight excluding hydrogens is 683 g/mol. The zero-order valence-corrected chi connectivity index (χ0v) is 30.1. The van der Waals surface area contributed by atoms with Crippen LogP contribution >= 0.6 is 0 Å². The lowest BCUT2D eigenvalue weighted by Crippen LogP contribution is -2.58. The molecule has 52 heavy (non-hydrogen) atoms. The van der Waals surface area contributed by atoms with Crippen LogP contribution in [-0.2, 0) is 34.0 Å². The van der Waals surface area contributed by atoms with Gasteiger partial charge in [-0.3, -0.25) is 23.9 Å². The Morgan fingerprint density at radius 3 is 2.25 bits per heavy atom. The van der Waals surface area contributed by atoms with Crippen molar-refractivity contribution in [1.82, 2.24) is 20.3 Å². The molecule has 5 atom stereocenters. The molecular formula is C39H45N5O7S. The van der Waals surface area contributed by atoms with E-state index in [0.717, 1.165) is 54.4 Å². The average molecular weight is 728 g/mol. The molecule has 2 unspecified atom stereocenters. The van der Waals surface area contributed by atoms with Gasteiger partial charge in [-0.05, 0) is 62.5 Å². The van der Waals surface area contributed by atoms with E-state index in [9.17, 15) is 27.6 Å². The van der Waals surface area contributed by atoms with Crippen LogP contribution in [0.4, 0.5) is 0 Å². The van der Waals surface area contributed by atoms with E-state index in [4.69, 9.17) is 4.84 Å². The lowest BCUT2D eigenvalue weighted by atomic mass is 10.0. The summed E-state index contributed by atoms with van der Waals surface area (Å²) in [6.07, 6.45) is 9.54. The fourth-order valence-corrected chi connectivity index (χ4v) is 9.17. The summed E-state index contributed by atoms with van der Waals surface area (Å²) in [5.74, 6) is -2.29. The molecule has 2 aromatic rings. The Morgan fingerprint density at radius 1 is 0.923 bits per heavy atom. The third kappa shape index (κ3) is 6.52. The summed E-state index contributed by atoms with van der Waals surface area (Å²) in [5.41, 5.74) is 2.62. The maximum absolute atomic E-state index is 14.5. The molecule has 6 aliphatic rings. The van der Waals surface area contributed by atoms with E-state index in [0.29, 0.717) is 31.4 Å². The van der Waals surface area contributed by atoms with Gasteiger partial charge >= 0.3 is 0 Å². The van der Waals surface area contributed by atoms with Crippen LogP contribution in [0.15, 0.2) is 65.8 Å². The first-order valence-corrected chi connectivity index (χ1v) is 20.1. The quantitative estimate of drug-likeness (QED) is 0.247. The standard InChI is InChI=1S/C39H45N5O7S/c1-38(19-20-38)36(47)40-31-16-6-4-2-3-5-11-24-22-39(24,37(48)43-52(49,50)26-17-18-26)41-34(45)32-21-25(23-44(32)35(31)46)51-42-33-29-14-9-7-12-27(29)28-13-8-10-15-30(28)33/h5,7-15,24-26,31-32H,2-4,6,16-23H2,1H3,(H,40,47)(H,41,45)(H,43,48)/b11-5-/t24?,25-,31+,32+,39?/m1/s1. The van der Waals surface area contributed by atoms with Crippen molar-refractivity contribution in [2.75, 3.05) is 6.54 Å². The topological polar surface area (TPSA) is 163 Å². The second-order valence-electron chi connectivity index (χ2n) is 15.6. The Bertz CT molecular complexity index is 1940. The van der Waals surface area contributed by atoms with E-state index in [-0.39, 0.29) is 31.2 Å². The Balaban J connectivity index is 1.09. The number of nitrogens with one attached hydrogen (secondary N) is 3. The number of hydrogen-bond acceptors (Lipinski definition) is 8. The number of rotatable bonds is 7. The Kier molecular flexibility index (Phi) is 8.74. The molecule has 3 saturated carbocycles. The van der Waals surface area contributed by atoms with Gasteiger partial charge in [0.05, 0.1) is 11.8 Å². The number of benzene rings is 2. The Morgan fingerprint density at radius 2 is 1.60 bits per heavy atom. The first kappa shape index (κ1) is 34.6. The molecule has 4 fully saturated rings. The maximum atomic E-state index is 14.5. The molecule has 4 aliphatic carbocycles. The van der Waals surface area contributed by atoms with Gasteiger partial charge in [0.1, 0.15) is 29.4 Å². The molecule has 3 N–H and O–H groups in total. The zero-order chi connectivity index (χ0) is 36.3. The molecule has 4 amide bonds. The van der Waals surface area contributed by atoms with Gasteiger partial charge in [0, 0.05) is 28.9 Å². The molecule has 2 aromatic carbocycles. The number of hydrogen-bond donors (Lipinski definition) is 3. The van der Waals surface area contributed by atoms with Crippen molar-refractivity contribution >= 4 is 39.4 Å². The number of amides is 4. The van der Waals surface area contributed by atoms with E-state index >= 15 is 0 Å². The highest BCUT2D eigenvalue weighted by Crippen LogP contribution is 2.47. The van der Waals surface area contributed by atoms with Gasteiger partial charge in [0.25, 0.3) is 5.91 Å². The van der Waals surface area contributed by atoms with Crippen LogP contribution < -0.4 is 15.4 Å². The summed E-state index contributed by atoms with van der Waals surface area (Å²) in [4.78, 5) is 63.4. The fraction of sp³-hybridized carbons (Fsp3) is 0.513. The highest BCUT2D eigenvalue weighted by atomic mass is 32.2. The van der Waals surface area contributed by atoms with Crippen LogP contribution in [-0.4, -0.2) is 78.2 Å². The maximum Gasteiger partial charge on any atom is 0.259 e. The van der Waals surface area contributed by atoms with Crippen molar-refractivity contribution in [3.63, 3.8) is 0 Å². The van der Waals surface area contributed by atoms with Gasteiger partial charge in [-0.25, -0.2) is 8.42 Å². The monoisotopic (exact) mass is 727 g/mol. The fourth-order valence-electron chi connectivity index (χ4n) is 7.80. The van der Waals surface area contributed by atoms with Crippen LogP contribution in [0, 0.1) is 11.3 Å². The number of carbonyl (C=O) groups is 4. The number of sulfonamides is 1. The van der Waals surface area contributed by atoms with Crippen LogP contribution in [0.1, 0.15) is 88.7 Å². The zero-order valence-electron chi connectivity index (χ0n) is 29.3. The van der Waals surface area contributed by atoms with E-state index in [1.165, 1.54) is 4.90 Å². The second-order valence-corrected chi connectivity index (χ2v) is 17.6. The molecule has 0 spiro atoms. The number of carbonyl (C=O) groups excluding carboxylic acids is 4. The van der Waals surface area contributed by atoms with Gasteiger partial charge in [-0.2, -0.15) is 0 Å². The van der Waals surface area contributed by atoms with Crippen molar-refractivity contribution in [2.24, 2.45) is 16.5 Å². The van der Waals surface area contributed by atoms with Crippen molar-refractivity contribution in [2.45, 2.75) is 107 Å². The minimum Gasteiger partial charge on any atom is -0.390 e. The first-order chi connectivity index (χ1) is 25.0. The third-order valence-electron chi connectivity index (χ3n) is 11.6. The average Bonchev–Trinajstić information content (AvgIpc) is 4.08. The van der Waals surface area contributed by atoms with Gasteiger partial charge in [-0.1, -0.05) is 85.6 Å². The molecule has 274 valence electrons. The van der Waals surface area contributed by atoms with E-state index < -0.39 is 62.1 Å². The van der Waals surface area contributed by atoms with Crippen LogP contribution in [0.25, 0.3) is 11.1 Å². The summed E-state index contributed by atoms with van der Waals surface area (Å²) in [6.45, 7) is 1.93. The normalized spacial score (nSPS) is 29.9. The van der Waals surface area contributed by atoms with E-state index in [2.05, 4.69) is 20.5 Å². The lowest BCUT2D eigenvalue weighted by molar-refractivity contribution is -0.143. The van der Waals surface area contributed by atoms with Crippen LogP contribution in [0.3, 0.4) is 0 Å². The summed E-state index contributed by atoms with van der Waals surface area (Å²) < 4.78 is 27.9. The largest absolute Gasteiger partial charge is 0.390 e. The number of oxime groups is 1. The van der Waals surface area contributed by atoms with E-state index in [1.807, 2.05) is 67.6 Å². The van der Waals surface area contributed by atoms with Crippen molar-refractivity contribution < 1.29 is 32.4 Å². The minimum atomic E-state index is -3.86. The summed E-state index contributed by atoms with van der Waals surface area (Å²) in [6, 6.07) is 14.0. The predicted octanol–water partition coefficient (Wildman–Crippen LogP) is 3.69. The van der Waals surface area contributed by atoms with Crippen molar-refractivity contribution in [3.8, 4) is 11.1 Å². The molecule has 12 nitrogen and oxygen atoms in total.